The second kappa shape index (κ2) is 5.76. The third-order valence-electron chi connectivity index (χ3n) is 3.77. The van der Waals surface area contributed by atoms with Crippen molar-refractivity contribution in [2.24, 2.45) is 0 Å². The van der Waals surface area contributed by atoms with Gasteiger partial charge in [0.05, 0.1) is 0 Å². The van der Waals surface area contributed by atoms with Crippen molar-refractivity contribution in [1.29, 1.82) is 0 Å². The summed E-state index contributed by atoms with van der Waals surface area (Å²) in [5, 5.41) is 10.4. The lowest BCUT2D eigenvalue weighted by atomic mass is 9.98. The Morgan fingerprint density at radius 2 is 1.73 bits per heavy atom. The zero-order valence-electron chi connectivity index (χ0n) is 12.2. The minimum Gasteiger partial charge on any atom is -0.508 e. The predicted molar refractivity (Wildman–Crippen MR) is 85.0 cm³/mol. The predicted octanol–water partition coefficient (Wildman–Crippen LogP) is 5.44. The third-order valence-corrected chi connectivity index (χ3v) is 3.77. The minimum atomic E-state index is -0.472. The second-order valence-corrected chi connectivity index (χ2v) is 5.43. The standard InChI is InChI=1S/C19H16F2O/c1-2-3-12-4-7-16(18(20)8-12)14-9-13-5-6-15(22)11-17(13)19(21)10-14/h4-11,22H,2-3H2,1H3. The number of rotatable bonds is 3. The topological polar surface area (TPSA) is 20.2 Å². The van der Waals surface area contributed by atoms with Crippen LogP contribution in [0.25, 0.3) is 21.9 Å². The Bertz CT molecular complexity index is 840. The SMILES string of the molecule is CCCc1ccc(-c2cc(F)c3cc(O)ccc3c2)c(F)c1. The molecule has 0 atom stereocenters. The van der Waals surface area contributed by atoms with Gasteiger partial charge in [0.1, 0.15) is 17.4 Å². The van der Waals surface area contributed by atoms with Crippen molar-refractivity contribution in [1.82, 2.24) is 0 Å². The number of halogens is 2. The van der Waals surface area contributed by atoms with Gasteiger partial charge in [0.2, 0.25) is 0 Å². The van der Waals surface area contributed by atoms with Gasteiger partial charge in [-0.05, 0) is 53.3 Å². The molecule has 1 nitrogen and oxygen atoms in total. The summed E-state index contributed by atoms with van der Waals surface area (Å²) in [6.45, 7) is 2.04. The number of hydrogen-bond acceptors (Lipinski definition) is 1. The lowest BCUT2D eigenvalue weighted by molar-refractivity contribution is 0.476. The average Bonchev–Trinajstić information content (AvgIpc) is 2.48. The summed E-state index contributed by atoms with van der Waals surface area (Å²) in [5.74, 6) is -0.807. The largest absolute Gasteiger partial charge is 0.508 e. The molecule has 0 aliphatic rings. The van der Waals surface area contributed by atoms with Crippen molar-refractivity contribution in [3.05, 3.63) is 65.7 Å². The zero-order chi connectivity index (χ0) is 15.7. The molecule has 112 valence electrons. The van der Waals surface area contributed by atoms with Crippen LogP contribution in [0.2, 0.25) is 0 Å². The molecule has 0 spiro atoms. The van der Waals surface area contributed by atoms with E-state index in [1.54, 1.807) is 18.2 Å². The van der Waals surface area contributed by atoms with Crippen molar-refractivity contribution < 1.29 is 13.9 Å². The molecular weight excluding hydrogens is 282 g/mol. The van der Waals surface area contributed by atoms with Gasteiger partial charge >= 0.3 is 0 Å². The molecule has 0 aliphatic carbocycles. The van der Waals surface area contributed by atoms with Gasteiger partial charge in [0.25, 0.3) is 0 Å². The van der Waals surface area contributed by atoms with E-state index in [4.69, 9.17) is 0 Å². The molecular formula is C19H16F2O. The van der Waals surface area contributed by atoms with Gasteiger partial charge in [-0.15, -0.1) is 0 Å². The van der Waals surface area contributed by atoms with E-state index >= 15 is 0 Å². The summed E-state index contributed by atoms with van der Waals surface area (Å²) in [6.07, 6.45) is 1.77. The van der Waals surface area contributed by atoms with Crippen molar-refractivity contribution >= 4 is 10.8 Å². The number of aromatic hydroxyl groups is 1. The lowest BCUT2D eigenvalue weighted by Gasteiger charge is -2.09. The molecule has 0 radical (unpaired) electrons. The van der Waals surface area contributed by atoms with E-state index in [2.05, 4.69) is 0 Å². The molecule has 3 heteroatoms. The summed E-state index contributed by atoms with van der Waals surface area (Å²) in [7, 11) is 0. The van der Waals surface area contributed by atoms with Crippen molar-refractivity contribution in [3.8, 4) is 16.9 Å². The van der Waals surface area contributed by atoms with E-state index in [1.165, 1.54) is 24.3 Å². The van der Waals surface area contributed by atoms with Crippen LogP contribution >= 0.6 is 0 Å². The summed E-state index contributed by atoms with van der Waals surface area (Å²) < 4.78 is 28.5. The van der Waals surface area contributed by atoms with Crippen molar-refractivity contribution in [2.45, 2.75) is 19.8 Å². The van der Waals surface area contributed by atoms with Crippen LogP contribution in [-0.2, 0) is 6.42 Å². The number of aryl methyl sites for hydroxylation is 1. The molecule has 22 heavy (non-hydrogen) atoms. The molecule has 3 aromatic rings. The van der Waals surface area contributed by atoms with Gasteiger partial charge in [-0.1, -0.05) is 31.5 Å². The molecule has 0 bridgehead atoms. The Morgan fingerprint density at radius 3 is 2.45 bits per heavy atom. The first-order valence-electron chi connectivity index (χ1n) is 7.29. The van der Waals surface area contributed by atoms with E-state index in [9.17, 15) is 13.9 Å². The van der Waals surface area contributed by atoms with E-state index in [1.807, 2.05) is 13.0 Å². The van der Waals surface area contributed by atoms with E-state index in [0.717, 1.165) is 18.4 Å². The third kappa shape index (κ3) is 2.67. The summed E-state index contributed by atoms with van der Waals surface area (Å²) >= 11 is 0. The maximum atomic E-state index is 14.3. The molecule has 3 aromatic carbocycles. The number of hydrogen-bond donors (Lipinski definition) is 1. The zero-order valence-corrected chi connectivity index (χ0v) is 12.2. The van der Waals surface area contributed by atoms with Crippen LogP contribution < -0.4 is 0 Å². The highest BCUT2D eigenvalue weighted by Gasteiger charge is 2.10. The van der Waals surface area contributed by atoms with Gasteiger partial charge in [0.15, 0.2) is 0 Å². The maximum Gasteiger partial charge on any atom is 0.131 e. The van der Waals surface area contributed by atoms with Gasteiger partial charge in [0, 0.05) is 10.9 Å². The molecule has 0 aliphatic heterocycles. The Kier molecular flexibility index (Phi) is 3.80. The van der Waals surface area contributed by atoms with E-state index in [-0.39, 0.29) is 11.6 Å². The Hall–Kier alpha value is -2.42. The summed E-state index contributed by atoms with van der Waals surface area (Å²) in [4.78, 5) is 0. The molecule has 3 rings (SSSR count). The Morgan fingerprint density at radius 1 is 0.909 bits per heavy atom. The van der Waals surface area contributed by atoms with Gasteiger partial charge < -0.3 is 5.11 Å². The molecule has 0 fully saturated rings. The van der Waals surface area contributed by atoms with Gasteiger partial charge in [-0.2, -0.15) is 0 Å². The highest BCUT2D eigenvalue weighted by atomic mass is 19.1. The van der Waals surface area contributed by atoms with E-state index in [0.29, 0.717) is 21.9 Å². The number of phenolic OH excluding ortho intramolecular Hbond substituents is 1. The van der Waals surface area contributed by atoms with Crippen LogP contribution in [0.5, 0.6) is 5.75 Å². The smallest absolute Gasteiger partial charge is 0.131 e. The highest BCUT2D eigenvalue weighted by molar-refractivity contribution is 5.89. The van der Waals surface area contributed by atoms with Crippen LogP contribution in [0.15, 0.2) is 48.5 Å². The summed E-state index contributed by atoms with van der Waals surface area (Å²) in [6, 6.07) is 12.6. The minimum absolute atomic E-state index is 0.00856. The fraction of sp³-hybridized carbons (Fsp3) is 0.158. The molecule has 1 N–H and O–H groups in total. The van der Waals surface area contributed by atoms with Gasteiger partial charge in [-0.25, -0.2) is 8.78 Å². The summed E-state index contributed by atoms with van der Waals surface area (Å²) in [5.41, 5.74) is 1.82. The number of phenols is 1. The van der Waals surface area contributed by atoms with Crippen LogP contribution in [-0.4, -0.2) is 5.11 Å². The quantitative estimate of drug-likeness (QED) is 0.682. The van der Waals surface area contributed by atoms with Crippen LogP contribution in [0.4, 0.5) is 8.78 Å². The first-order chi connectivity index (χ1) is 10.6. The Labute approximate surface area is 127 Å². The fourth-order valence-corrected chi connectivity index (χ4v) is 2.69. The van der Waals surface area contributed by atoms with Crippen molar-refractivity contribution in [2.75, 3.05) is 0 Å². The molecule has 0 unspecified atom stereocenters. The van der Waals surface area contributed by atoms with Crippen LogP contribution in [0.1, 0.15) is 18.9 Å². The number of fused-ring (bicyclic) bond motifs is 1. The average molecular weight is 298 g/mol. The molecule has 0 saturated carbocycles. The van der Waals surface area contributed by atoms with Crippen molar-refractivity contribution in [3.63, 3.8) is 0 Å². The maximum absolute atomic E-state index is 14.3. The van der Waals surface area contributed by atoms with Crippen LogP contribution in [0, 0.1) is 11.6 Å². The first-order valence-corrected chi connectivity index (χ1v) is 7.29. The number of benzene rings is 3. The molecule has 0 saturated heterocycles. The van der Waals surface area contributed by atoms with E-state index < -0.39 is 5.82 Å². The Balaban J connectivity index is 2.12. The molecule has 0 heterocycles. The van der Waals surface area contributed by atoms with Crippen LogP contribution in [0.3, 0.4) is 0 Å². The second-order valence-electron chi connectivity index (χ2n) is 5.43. The van der Waals surface area contributed by atoms with Gasteiger partial charge in [-0.3, -0.25) is 0 Å². The first kappa shape index (κ1) is 14.5. The molecule has 0 amide bonds. The highest BCUT2D eigenvalue weighted by Crippen LogP contribution is 2.31. The fourth-order valence-electron chi connectivity index (χ4n) is 2.69. The monoisotopic (exact) mass is 298 g/mol. The lowest BCUT2D eigenvalue weighted by Crippen LogP contribution is -1.91. The molecule has 0 aromatic heterocycles. The normalized spacial score (nSPS) is 11.0.